The van der Waals surface area contributed by atoms with E-state index < -0.39 is 0 Å². The van der Waals surface area contributed by atoms with Gasteiger partial charge in [-0.2, -0.15) is 4.98 Å². The van der Waals surface area contributed by atoms with Crippen molar-refractivity contribution in [3.05, 3.63) is 35.7 Å². The second-order valence-electron chi connectivity index (χ2n) is 11.5. The van der Waals surface area contributed by atoms with Crippen LogP contribution in [0.25, 0.3) is 11.4 Å². The zero-order chi connectivity index (χ0) is 22.3. The summed E-state index contributed by atoms with van der Waals surface area (Å²) < 4.78 is 0. The van der Waals surface area contributed by atoms with Crippen LogP contribution in [0.5, 0.6) is 0 Å². The van der Waals surface area contributed by atoms with Crippen molar-refractivity contribution in [1.82, 2.24) is 19.9 Å². The molecule has 0 unspecified atom stereocenters. The Kier molecular flexibility index (Phi) is 5.73. The summed E-state index contributed by atoms with van der Waals surface area (Å²) in [4.78, 5) is 19.1. The molecule has 2 saturated heterocycles. The fourth-order valence-corrected chi connectivity index (χ4v) is 6.02. The number of likely N-dealkylation sites (tertiary alicyclic amines) is 1. The van der Waals surface area contributed by atoms with Crippen molar-refractivity contribution in [2.75, 3.05) is 31.1 Å². The molecular formula is C27H39N5. The van der Waals surface area contributed by atoms with Gasteiger partial charge < -0.3 is 9.80 Å². The second kappa shape index (κ2) is 8.40. The number of anilines is 1. The summed E-state index contributed by atoms with van der Waals surface area (Å²) in [6.07, 6.45) is 10.7. The van der Waals surface area contributed by atoms with E-state index in [4.69, 9.17) is 4.98 Å². The van der Waals surface area contributed by atoms with Crippen molar-refractivity contribution in [1.29, 1.82) is 0 Å². The van der Waals surface area contributed by atoms with Crippen LogP contribution in [-0.2, 0) is 10.8 Å². The first-order valence-electron chi connectivity index (χ1n) is 12.7. The van der Waals surface area contributed by atoms with Crippen LogP contribution in [0.1, 0.15) is 83.8 Å². The number of aromatic nitrogens is 3. The van der Waals surface area contributed by atoms with E-state index in [1.54, 1.807) is 6.33 Å². The van der Waals surface area contributed by atoms with E-state index >= 15 is 0 Å². The molecule has 2 aromatic rings. The van der Waals surface area contributed by atoms with E-state index in [1.165, 1.54) is 69.2 Å². The molecule has 1 aromatic heterocycles. The molecule has 3 heterocycles. The third-order valence-electron chi connectivity index (χ3n) is 8.32. The third-order valence-corrected chi connectivity index (χ3v) is 8.32. The molecule has 32 heavy (non-hydrogen) atoms. The highest BCUT2D eigenvalue weighted by molar-refractivity contribution is 5.61. The van der Waals surface area contributed by atoms with Crippen LogP contribution < -0.4 is 4.90 Å². The standard InChI is InChI=1S/C27H39N5/c1-26(2)12-13-27(3,4)23-18-20(8-9-22(23)26)24-28-19-29-25(30-24)32-16-10-21(11-17-32)31-14-6-5-7-15-31/h8-9,18-19,21H,5-7,10-17H2,1-4H3. The largest absolute Gasteiger partial charge is 0.341 e. The minimum atomic E-state index is 0.188. The quantitative estimate of drug-likeness (QED) is 0.653. The molecule has 2 aliphatic heterocycles. The smallest absolute Gasteiger partial charge is 0.228 e. The van der Waals surface area contributed by atoms with Crippen LogP contribution in [-0.4, -0.2) is 52.1 Å². The van der Waals surface area contributed by atoms with E-state index in [9.17, 15) is 0 Å². The van der Waals surface area contributed by atoms with Gasteiger partial charge in [-0.15, -0.1) is 0 Å². The first-order chi connectivity index (χ1) is 15.3. The molecule has 5 rings (SSSR count). The normalized spacial score (nSPS) is 23.7. The molecule has 0 saturated carbocycles. The fraction of sp³-hybridized carbons (Fsp3) is 0.667. The number of hydrogen-bond acceptors (Lipinski definition) is 5. The summed E-state index contributed by atoms with van der Waals surface area (Å²) in [7, 11) is 0. The van der Waals surface area contributed by atoms with Crippen LogP contribution in [0, 0.1) is 0 Å². The van der Waals surface area contributed by atoms with Gasteiger partial charge in [0.1, 0.15) is 6.33 Å². The van der Waals surface area contributed by atoms with Gasteiger partial charge >= 0.3 is 0 Å². The maximum Gasteiger partial charge on any atom is 0.228 e. The van der Waals surface area contributed by atoms with Crippen molar-refractivity contribution in [2.24, 2.45) is 0 Å². The summed E-state index contributed by atoms with van der Waals surface area (Å²) in [5.74, 6) is 1.64. The molecular weight excluding hydrogens is 394 g/mol. The molecule has 0 spiro atoms. The predicted molar refractivity (Wildman–Crippen MR) is 131 cm³/mol. The average Bonchev–Trinajstić information content (AvgIpc) is 2.83. The molecule has 0 radical (unpaired) electrons. The lowest BCUT2D eigenvalue weighted by atomic mass is 9.63. The van der Waals surface area contributed by atoms with Crippen molar-refractivity contribution >= 4 is 5.95 Å². The van der Waals surface area contributed by atoms with Crippen LogP contribution >= 0.6 is 0 Å². The molecule has 1 aliphatic carbocycles. The lowest BCUT2D eigenvalue weighted by Gasteiger charge is -2.42. The second-order valence-corrected chi connectivity index (χ2v) is 11.5. The molecule has 5 nitrogen and oxygen atoms in total. The van der Waals surface area contributed by atoms with E-state index in [0.717, 1.165) is 36.5 Å². The first-order valence-corrected chi connectivity index (χ1v) is 12.7. The number of rotatable bonds is 3. The summed E-state index contributed by atoms with van der Waals surface area (Å²) in [5.41, 5.74) is 4.46. The van der Waals surface area contributed by atoms with Gasteiger partial charge in [0, 0.05) is 24.7 Å². The highest BCUT2D eigenvalue weighted by Crippen LogP contribution is 2.46. The zero-order valence-corrected chi connectivity index (χ0v) is 20.4. The Morgan fingerprint density at radius 3 is 2.22 bits per heavy atom. The van der Waals surface area contributed by atoms with Gasteiger partial charge in [-0.05, 0) is 79.6 Å². The molecule has 172 valence electrons. The van der Waals surface area contributed by atoms with Gasteiger partial charge in [0.2, 0.25) is 5.95 Å². The zero-order valence-electron chi connectivity index (χ0n) is 20.4. The average molecular weight is 434 g/mol. The number of nitrogens with zero attached hydrogens (tertiary/aromatic N) is 5. The maximum atomic E-state index is 4.93. The number of hydrogen-bond donors (Lipinski definition) is 0. The van der Waals surface area contributed by atoms with Crippen molar-refractivity contribution < 1.29 is 0 Å². The highest BCUT2D eigenvalue weighted by atomic mass is 15.3. The van der Waals surface area contributed by atoms with Crippen molar-refractivity contribution in [3.63, 3.8) is 0 Å². The highest BCUT2D eigenvalue weighted by Gasteiger charge is 2.37. The molecule has 1 aromatic carbocycles. The van der Waals surface area contributed by atoms with Gasteiger partial charge in [-0.25, -0.2) is 9.97 Å². The Labute approximate surface area is 193 Å². The van der Waals surface area contributed by atoms with Crippen LogP contribution in [0.3, 0.4) is 0 Å². The van der Waals surface area contributed by atoms with Crippen LogP contribution in [0.4, 0.5) is 5.95 Å². The number of benzene rings is 1. The van der Waals surface area contributed by atoms with E-state index in [1.807, 2.05) is 0 Å². The Hall–Kier alpha value is -2.01. The summed E-state index contributed by atoms with van der Waals surface area (Å²) in [5, 5.41) is 0. The molecule has 0 bridgehead atoms. The topological polar surface area (TPSA) is 45.2 Å². The summed E-state index contributed by atoms with van der Waals surface area (Å²) >= 11 is 0. The Morgan fingerprint density at radius 1 is 0.812 bits per heavy atom. The maximum absolute atomic E-state index is 4.93. The van der Waals surface area contributed by atoms with Gasteiger partial charge in [0.25, 0.3) is 0 Å². The van der Waals surface area contributed by atoms with Crippen LogP contribution in [0.2, 0.25) is 0 Å². The summed E-state index contributed by atoms with van der Waals surface area (Å²) in [6, 6.07) is 7.61. The third kappa shape index (κ3) is 4.16. The SMILES string of the molecule is CC1(C)CCC(C)(C)c2cc(-c3ncnc(N4CCC(N5CCCCC5)CC4)n3)ccc21. The minimum absolute atomic E-state index is 0.188. The Bertz CT molecular complexity index is 952. The van der Waals surface area contributed by atoms with Gasteiger partial charge in [-0.1, -0.05) is 46.2 Å². The van der Waals surface area contributed by atoms with Crippen molar-refractivity contribution in [2.45, 2.75) is 89.5 Å². The molecule has 3 aliphatic rings. The molecule has 0 amide bonds. The lowest BCUT2D eigenvalue weighted by Crippen LogP contribution is -2.47. The van der Waals surface area contributed by atoms with E-state index in [2.05, 4.69) is 65.7 Å². The molecule has 0 atom stereocenters. The van der Waals surface area contributed by atoms with Crippen LogP contribution in [0.15, 0.2) is 24.5 Å². The monoisotopic (exact) mass is 433 g/mol. The van der Waals surface area contributed by atoms with Crippen molar-refractivity contribution in [3.8, 4) is 11.4 Å². The lowest BCUT2D eigenvalue weighted by molar-refractivity contribution is 0.141. The molecule has 2 fully saturated rings. The Balaban J connectivity index is 1.35. The van der Waals surface area contributed by atoms with E-state index in [-0.39, 0.29) is 10.8 Å². The van der Waals surface area contributed by atoms with Gasteiger partial charge in [-0.3, -0.25) is 0 Å². The first kappa shape index (κ1) is 21.8. The number of fused-ring (bicyclic) bond motifs is 1. The Morgan fingerprint density at radius 2 is 1.50 bits per heavy atom. The van der Waals surface area contributed by atoms with E-state index in [0.29, 0.717) is 0 Å². The fourth-order valence-electron chi connectivity index (χ4n) is 6.02. The molecule has 5 heteroatoms. The predicted octanol–water partition coefficient (Wildman–Crippen LogP) is 5.34. The van der Waals surface area contributed by atoms with Gasteiger partial charge in [0.05, 0.1) is 0 Å². The van der Waals surface area contributed by atoms with Gasteiger partial charge in [0.15, 0.2) is 5.82 Å². The minimum Gasteiger partial charge on any atom is -0.341 e. The number of piperidine rings is 2. The molecule has 0 N–H and O–H groups in total. The summed E-state index contributed by atoms with van der Waals surface area (Å²) in [6.45, 7) is 14.1.